The largest absolute Gasteiger partial charge is 0.356 e. The van der Waals surface area contributed by atoms with Gasteiger partial charge in [-0.25, -0.2) is 9.97 Å². The lowest BCUT2D eigenvalue weighted by atomic mass is 9.77. The van der Waals surface area contributed by atoms with Crippen molar-refractivity contribution in [3.8, 4) is 11.4 Å². The molecule has 7 heteroatoms. The molecular formula is C23H29N7. The van der Waals surface area contributed by atoms with Gasteiger partial charge in [-0.2, -0.15) is 5.10 Å². The van der Waals surface area contributed by atoms with E-state index in [2.05, 4.69) is 31.0 Å². The maximum absolute atomic E-state index is 5.03. The maximum atomic E-state index is 5.03. The van der Waals surface area contributed by atoms with E-state index >= 15 is 0 Å². The number of anilines is 1. The first-order chi connectivity index (χ1) is 14.7. The molecular weight excluding hydrogens is 374 g/mol. The summed E-state index contributed by atoms with van der Waals surface area (Å²) in [6, 6.07) is 2.93. The molecule has 6 rings (SSSR count). The topological polar surface area (TPSA) is 73.8 Å². The van der Waals surface area contributed by atoms with Crippen LogP contribution in [0.5, 0.6) is 0 Å². The summed E-state index contributed by atoms with van der Waals surface area (Å²) in [7, 11) is 0. The van der Waals surface area contributed by atoms with E-state index in [1.807, 2.05) is 25.5 Å². The molecule has 0 unspecified atom stereocenters. The van der Waals surface area contributed by atoms with Crippen molar-refractivity contribution in [2.75, 3.05) is 31.1 Å². The minimum absolute atomic E-state index is 0.514. The van der Waals surface area contributed by atoms with Gasteiger partial charge in [0.05, 0.1) is 23.5 Å². The third-order valence-electron chi connectivity index (χ3n) is 7.73. The van der Waals surface area contributed by atoms with Crippen LogP contribution in [-0.4, -0.2) is 62.3 Å². The number of hydrogen-bond acceptors (Lipinski definition) is 6. The standard InChI is InChI=1S/C23H29N7/c1-16-19(13-25-28-16)21-26-20-14-24-9-5-18(20)22(27-21)29-10-6-23(7-11-29)8-12-30(15-23)17-3-2-4-17/h5,9,13-14,17H,2-4,6-8,10-12,15H2,1H3,(H,25,28). The highest BCUT2D eigenvalue weighted by atomic mass is 15.2. The van der Waals surface area contributed by atoms with Gasteiger partial charge in [0.15, 0.2) is 5.82 Å². The highest BCUT2D eigenvalue weighted by Gasteiger charge is 2.43. The monoisotopic (exact) mass is 403 g/mol. The highest BCUT2D eigenvalue weighted by molar-refractivity contribution is 5.90. The third kappa shape index (κ3) is 2.98. The van der Waals surface area contributed by atoms with Gasteiger partial charge < -0.3 is 4.90 Å². The maximum Gasteiger partial charge on any atom is 0.165 e. The number of nitrogens with one attached hydrogen (secondary N) is 1. The second-order valence-corrected chi connectivity index (χ2v) is 9.46. The summed E-state index contributed by atoms with van der Waals surface area (Å²) >= 11 is 0. The molecule has 2 saturated heterocycles. The predicted molar refractivity (Wildman–Crippen MR) is 117 cm³/mol. The van der Waals surface area contributed by atoms with Crippen LogP contribution >= 0.6 is 0 Å². The van der Waals surface area contributed by atoms with Crippen molar-refractivity contribution in [1.29, 1.82) is 0 Å². The van der Waals surface area contributed by atoms with Gasteiger partial charge in [-0.3, -0.25) is 15.0 Å². The zero-order valence-electron chi connectivity index (χ0n) is 17.6. The van der Waals surface area contributed by atoms with Crippen LogP contribution < -0.4 is 4.90 Å². The molecule has 7 nitrogen and oxygen atoms in total. The Labute approximate surface area is 176 Å². The van der Waals surface area contributed by atoms with Crippen molar-refractivity contribution in [1.82, 2.24) is 30.0 Å². The quantitative estimate of drug-likeness (QED) is 0.721. The molecule has 0 radical (unpaired) electrons. The SMILES string of the molecule is Cc1[nH]ncc1-c1nc(N2CCC3(CC2)CCN(C2CCC2)C3)c2ccncc2n1. The Morgan fingerprint density at radius 3 is 2.63 bits per heavy atom. The summed E-state index contributed by atoms with van der Waals surface area (Å²) in [5, 5.41) is 8.26. The second-order valence-electron chi connectivity index (χ2n) is 9.46. The molecule has 1 saturated carbocycles. The number of rotatable bonds is 3. The van der Waals surface area contributed by atoms with Gasteiger partial charge in [0.1, 0.15) is 5.82 Å². The normalized spacial score (nSPS) is 22.1. The molecule has 2 aliphatic heterocycles. The zero-order valence-corrected chi connectivity index (χ0v) is 17.6. The molecule has 0 bridgehead atoms. The zero-order chi connectivity index (χ0) is 20.1. The summed E-state index contributed by atoms with van der Waals surface area (Å²) in [6.45, 7) is 6.75. The summed E-state index contributed by atoms with van der Waals surface area (Å²) in [5.41, 5.74) is 3.36. The number of likely N-dealkylation sites (tertiary alicyclic amines) is 1. The van der Waals surface area contributed by atoms with Crippen molar-refractivity contribution < 1.29 is 0 Å². The number of H-pyrrole nitrogens is 1. The van der Waals surface area contributed by atoms with Gasteiger partial charge in [-0.05, 0) is 57.1 Å². The molecule has 30 heavy (non-hydrogen) atoms. The second kappa shape index (κ2) is 7.01. The third-order valence-corrected chi connectivity index (χ3v) is 7.73. The van der Waals surface area contributed by atoms with Crippen molar-refractivity contribution in [2.24, 2.45) is 5.41 Å². The molecule has 0 amide bonds. The van der Waals surface area contributed by atoms with Gasteiger partial charge in [0.25, 0.3) is 0 Å². The molecule has 0 aromatic carbocycles. The van der Waals surface area contributed by atoms with Crippen LogP contribution in [0.3, 0.4) is 0 Å². The molecule has 5 heterocycles. The van der Waals surface area contributed by atoms with Crippen LogP contribution in [0.25, 0.3) is 22.3 Å². The van der Waals surface area contributed by atoms with E-state index in [1.165, 1.54) is 51.6 Å². The van der Waals surface area contributed by atoms with Crippen LogP contribution in [-0.2, 0) is 0 Å². The predicted octanol–water partition coefficient (Wildman–Crippen LogP) is 3.57. The summed E-state index contributed by atoms with van der Waals surface area (Å²) in [6.07, 6.45) is 13.6. The Bertz CT molecular complexity index is 1060. The van der Waals surface area contributed by atoms with Gasteiger partial charge in [-0.15, -0.1) is 0 Å². The molecule has 3 fully saturated rings. The number of piperidine rings is 1. The molecule has 3 aromatic heterocycles. The first-order valence-electron chi connectivity index (χ1n) is 11.3. The van der Waals surface area contributed by atoms with Crippen LogP contribution in [0.1, 0.15) is 44.2 Å². The lowest BCUT2D eigenvalue weighted by Gasteiger charge is -2.42. The Morgan fingerprint density at radius 2 is 1.90 bits per heavy atom. The molecule has 1 aliphatic carbocycles. The van der Waals surface area contributed by atoms with Crippen LogP contribution in [0.15, 0.2) is 24.7 Å². The van der Waals surface area contributed by atoms with E-state index in [4.69, 9.17) is 9.97 Å². The van der Waals surface area contributed by atoms with Crippen molar-refractivity contribution >= 4 is 16.7 Å². The highest BCUT2D eigenvalue weighted by Crippen LogP contribution is 2.44. The van der Waals surface area contributed by atoms with Crippen molar-refractivity contribution in [2.45, 2.75) is 51.5 Å². The fraction of sp³-hybridized carbons (Fsp3) is 0.565. The first-order valence-corrected chi connectivity index (χ1v) is 11.3. The minimum Gasteiger partial charge on any atom is -0.356 e. The Hall–Kier alpha value is -2.54. The summed E-state index contributed by atoms with van der Waals surface area (Å²) in [4.78, 5) is 19.4. The van der Waals surface area contributed by atoms with Gasteiger partial charge in [0.2, 0.25) is 0 Å². The Morgan fingerprint density at radius 1 is 1.07 bits per heavy atom. The van der Waals surface area contributed by atoms with Crippen molar-refractivity contribution in [3.63, 3.8) is 0 Å². The molecule has 3 aromatic rings. The van der Waals surface area contributed by atoms with Gasteiger partial charge in [-0.1, -0.05) is 6.42 Å². The van der Waals surface area contributed by atoms with E-state index in [0.717, 1.165) is 52.9 Å². The van der Waals surface area contributed by atoms with Crippen LogP contribution in [0, 0.1) is 12.3 Å². The molecule has 1 N–H and O–H groups in total. The fourth-order valence-electron chi connectivity index (χ4n) is 5.54. The summed E-state index contributed by atoms with van der Waals surface area (Å²) in [5.74, 6) is 1.77. The van der Waals surface area contributed by atoms with Crippen molar-refractivity contribution in [3.05, 3.63) is 30.4 Å². The number of fused-ring (bicyclic) bond motifs is 1. The first kappa shape index (κ1) is 18.2. The fourth-order valence-corrected chi connectivity index (χ4v) is 5.54. The van der Waals surface area contributed by atoms with E-state index < -0.39 is 0 Å². The lowest BCUT2D eigenvalue weighted by molar-refractivity contribution is 0.127. The van der Waals surface area contributed by atoms with E-state index in [-0.39, 0.29) is 0 Å². The number of nitrogens with zero attached hydrogens (tertiary/aromatic N) is 6. The molecule has 0 atom stereocenters. The van der Waals surface area contributed by atoms with Crippen LogP contribution in [0.2, 0.25) is 0 Å². The number of aromatic amines is 1. The smallest absolute Gasteiger partial charge is 0.165 e. The molecule has 3 aliphatic rings. The van der Waals surface area contributed by atoms with E-state index in [0.29, 0.717) is 5.41 Å². The molecule has 156 valence electrons. The Kier molecular flexibility index (Phi) is 4.26. The van der Waals surface area contributed by atoms with Crippen LogP contribution in [0.4, 0.5) is 5.82 Å². The average Bonchev–Trinajstić information content (AvgIpc) is 3.33. The summed E-state index contributed by atoms with van der Waals surface area (Å²) < 4.78 is 0. The van der Waals surface area contributed by atoms with Gasteiger partial charge in [0, 0.05) is 43.0 Å². The minimum atomic E-state index is 0.514. The van der Waals surface area contributed by atoms with E-state index in [1.54, 1.807) is 0 Å². The van der Waals surface area contributed by atoms with E-state index in [9.17, 15) is 0 Å². The van der Waals surface area contributed by atoms with Gasteiger partial charge >= 0.3 is 0 Å². The number of hydrogen-bond donors (Lipinski definition) is 1. The lowest BCUT2D eigenvalue weighted by Crippen LogP contribution is -2.44. The number of aromatic nitrogens is 5. The number of aryl methyl sites for hydroxylation is 1. The molecule has 1 spiro atoms. The average molecular weight is 404 g/mol. The number of pyridine rings is 1. The Balaban J connectivity index is 1.28.